The fourth-order valence-corrected chi connectivity index (χ4v) is 3.99. The van der Waals surface area contributed by atoms with Crippen molar-refractivity contribution in [1.29, 1.82) is 5.26 Å². The highest BCUT2D eigenvalue weighted by Crippen LogP contribution is 2.31. The van der Waals surface area contributed by atoms with Gasteiger partial charge in [0.25, 0.3) is 11.8 Å². The van der Waals surface area contributed by atoms with Crippen molar-refractivity contribution in [1.82, 2.24) is 15.2 Å². The molecule has 1 aromatic heterocycles. The van der Waals surface area contributed by atoms with Crippen molar-refractivity contribution in [2.45, 2.75) is 24.7 Å². The van der Waals surface area contributed by atoms with Gasteiger partial charge in [-0.3, -0.25) is 14.6 Å². The first-order chi connectivity index (χ1) is 17.9. The van der Waals surface area contributed by atoms with Gasteiger partial charge in [-0.1, -0.05) is 30.4 Å². The molecule has 0 bridgehead atoms. The van der Waals surface area contributed by atoms with Crippen LogP contribution in [0, 0.1) is 11.3 Å². The summed E-state index contributed by atoms with van der Waals surface area (Å²) in [6.45, 7) is -1.45. The second-order valence-corrected chi connectivity index (χ2v) is 8.49. The lowest BCUT2D eigenvalue weighted by Gasteiger charge is -2.19. The molecule has 0 spiro atoms. The van der Waals surface area contributed by atoms with Crippen LogP contribution < -0.4 is 10.1 Å². The van der Waals surface area contributed by atoms with E-state index >= 15 is 0 Å². The molecule has 2 aromatic carbocycles. The van der Waals surface area contributed by atoms with E-state index in [1.54, 1.807) is 36.4 Å². The van der Waals surface area contributed by atoms with E-state index in [1.807, 2.05) is 0 Å². The number of nitrogens with zero attached hydrogens (tertiary/aromatic N) is 3. The quantitative estimate of drug-likeness (QED) is 0.365. The minimum absolute atomic E-state index is 0.190. The van der Waals surface area contributed by atoms with Gasteiger partial charge in [-0.15, -0.1) is 13.2 Å². The topological polar surface area (TPSA) is 95.3 Å². The molecule has 1 atom stereocenters. The molecular weight excluding hydrogens is 511 g/mol. The summed E-state index contributed by atoms with van der Waals surface area (Å²) in [6.07, 6.45) is -0.779. The predicted octanol–water partition coefficient (Wildman–Crippen LogP) is 4.79. The first-order valence-corrected chi connectivity index (χ1v) is 11.2. The molecule has 1 N–H and O–H groups in total. The highest BCUT2D eigenvalue weighted by molar-refractivity contribution is 6.07. The van der Waals surface area contributed by atoms with Crippen molar-refractivity contribution in [3.05, 3.63) is 71.4 Å². The number of nitriles is 1. The van der Waals surface area contributed by atoms with E-state index in [2.05, 4.69) is 15.0 Å². The van der Waals surface area contributed by atoms with E-state index in [0.29, 0.717) is 22.0 Å². The number of alkyl halides is 5. The summed E-state index contributed by atoms with van der Waals surface area (Å²) in [7, 11) is 0. The molecule has 0 aliphatic carbocycles. The van der Waals surface area contributed by atoms with Crippen LogP contribution in [0.2, 0.25) is 0 Å². The number of halogens is 5. The van der Waals surface area contributed by atoms with Gasteiger partial charge in [0, 0.05) is 18.0 Å². The third-order valence-electron chi connectivity index (χ3n) is 5.73. The molecule has 0 radical (unpaired) electrons. The number of amides is 2. The second kappa shape index (κ2) is 10.5. The molecule has 1 fully saturated rings. The summed E-state index contributed by atoms with van der Waals surface area (Å²) < 4.78 is 68.0. The zero-order chi connectivity index (χ0) is 27.5. The van der Waals surface area contributed by atoms with E-state index in [4.69, 9.17) is 5.26 Å². The predicted molar refractivity (Wildman–Crippen MR) is 127 cm³/mol. The maximum absolute atomic E-state index is 13.6. The second-order valence-electron chi connectivity index (χ2n) is 8.49. The van der Waals surface area contributed by atoms with Crippen LogP contribution in [-0.2, 0) is 4.79 Å². The standard InChI is InChI=1S/C26H19F5N4O3/c27-25(28)12-18(13-32)35(15-25)23(36)14-34-24(37)20-9-10-33-22-8-5-17(11-21(20)22)2-1-16-3-6-19(7-4-16)38-26(29,30)31/h1-11,18H,12,14-15H2,(H,34,37). The molecule has 1 aliphatic rings. The van der Waals surface area contributed by atoms with Gasteiger partial charge >= 0.3 is 6.36 Å². The average Bonchev–Trinajstić information content (AvgIpc) is 3.20. The summed E-state index contributed by atoms with van der Waals surface area (Å²) in [5.74, 6) is -4.94. The molecule has 4 rings (SSSR count). The fraction of sp³-hybridized carbons (Fsp3) is 0.231. The van der Waals surface area contributed by atoms with Crippen LogP contribution in [0.15, 0.2) is 54.7 Å². The van der Waals surface area contributed by atoms with Crippen molar-refractivity contribution in [3.8, 4) is 11.8 Å². The zero-order valence-corrected chi connectivity index (χ0v) is 19.5. The Morgan fingerprint density at radius 2 is 1.82 bits per heavy atom. The Morgan fingerprint density at radius 1 is 1.13 bits per heavy atom. The monoisotopic (exact) mass is 530 g/mol. The van der Waals surface area contributed by atoms with Crippen LogP contribution in [-0.4, -0.2) is 53.1 Å². The van der Waals surface area contributed by atoms with E-state index in [1.165, 1.54) is 36.5 Å². The van der Waals surface area contributed by atoms with Gasteiger partial charge in [-0.25, -0.2) is 8.78 Å². The van der Waals surface area contributed by atoms with Gasteiger partial charge < -0.3 is 15.0 Å². The highest BCUT2D eigenvalue weighted by atomic mass is 19.4. The van der Waals surface area contributed by atoms with Gasteiger partial charge in [0.05, 0.1) is 30.2 Å². The SMILES string of the molecule is N#CC1CC(F)(F)CN1C(=O)CNC(=O)c1ccnc2ccc(C=Cc3ccc(OC(F)(F)F)cc3)cc12. The third kappa shape index (κ3) is 6.42. The van der Waals surface area contributed by atoms with Crippen LogP contribution in [0.1, 0.15) is 27.9 Å². The minimum atomic E-state index is -4.78. The van der Waals surface area contributed by atoms with Crippen LogP contribution in [0.5, 0.6) is 5.75 Å². The van der Waals surface area contributed by atoms with Crippen LogP contribution in [0.3, 0.4) is 0 Å². The number of nitrogens with one attached hydrogen (secondary N) is 1. The van der Waals surface area contributed by atoms with Crippen molar-refractivity contribution < 1.29 is 36.3 Å². The Bertz CT molecular complexity index is 1430. The number of rotatable bonds is 6. The van der Waals surface area contributed by atoms with Crippen molar-refractivity contribution >= 4 is 34.9 Å². The van der Waals surface area contributed by atoms with E-state index < -0.39 is 49.7 Å². The van der Waals surface area contributed by atoms with Crippen molar-refractivity contribution in [2.75, 3.05) is 13.1 Å². The Hall–Kier alpha value is -4.53. The third-order valence-corrected chi connectivity index (χ3v) is 5.73. The van der Waals surface area contributed by atoms with Gasteiger partial charge in [-0.05, 0) is 41.5 Å². The molecule has 2 amide bonds. The summed E-state index contributed by atoms with van der Waals surface area (Å²) in [4.78, 5) is 30.2. The Kier molecular flexibility index (Phi) is 7.30. The smallest absolute Gasteiger partial charge is 0.406 e. The number of aromatic nitrogens is 1. The van der Waals surface area contributed by atoms with Gasteiger partial charge in [0.1, 0.15) is 11.8 Å². The highest BCUT2D eigenvalue weighted by Gasteiger charge is 2.47. The molecule has 0 saturated carbocycles. The molecule has 1 aliphatic heterocycles. The number of fused-ring (bicyclic) bond motifs is 1. The number of carbonyl (C=O) groups excluding carboxylic acids is 2. The molecule has 38 heavy (non-hydrogen) atoms. The van der Waals surface area contributed by atoms with Crippen LogP contribution in [0.4, 0.5) is 22.0 Å². The summed E-state index contributed by atoms with van der Waals surface area (Å²) in [5.41, 5.74) is 1.93. The van der Waals surface area contributed by atoms with Crippen molar-refractivity contribution in [3.63, 3.8) is 0 Å². The Labute approximate surface area is 213 Å². The first-order valence-electron chi connectivity index (χ1n) is 11.2. The number of benzene rings is 2. The van der Waals surface area contributed by atoms with Gasteiger partial charge in [0.2, 0.25) is 5.91 Å². The fourth-order valence-electron chi connectivity index (χ4n) is 3.99. The van der Waals surface area contributed by atoms with Crippen LogP contribution in [0.25, 0.3) is 23.1 Å². The van der Waals surface area contributed by atoms with Gasteiger partial charge in [-0.2, -0.15) is 5.26 Å². The molecular formula is C26H19F5N4O3. The summed E-state index contributed by atoms with van der Waals surface area (Å²) in [6, 6.07) is 12.2. The normalized spacial score (nSPS) is 16.9. The minimum Gasteiger partial charge on any atom is -0.406 e. The molecule has 1 saturated heterocycles. The van der Waals surface area contributed by atoms with Crippen LogP contribution >= 0.6 is 0 Å². The summed E-state index contributed by atoms with van der Waals surface area (Å²) in [5, 5.41) is 11.9. The number of ether oxygens (including phenoxy) is 1. The zero-order valence-electron chi connectivity index (χ0n) is 19.5. The maximum Gasteiger partial charge on any atom is 0.573 e. The number of pyridine rings is 1. The van der Waals surface area contributed by atoms with Crippen molar-refractivity contribution in [2.24, 2.45) is 0 Å². The molecule has 12 heteroatoms. The van der Waals surface area contributed by atoms with E-state index in [-0.39, 0.29) is 11.3 Å². The summed E-state index contributed by atoms with van der Waals surface area (Å²) >= 11 is 0. The number of hydrogen-bond donors (Lipinski definition) is 1. The van der Waals surface area contributed by atoms with Gasteiger partial charge in [0.15, 0.2) is 0 Å². The number of likely N-dealkylation sites (tertiary alicyclic amines) is 1. The maximum atomic E-state index is 13.6. The lowest BCUT2D eigenvalue weighted by Crippen LogP contribution is -2.43. The molecule has 196 valence electrons. The largest absolute Gasteiger partial charge is 0.573 e. The lowest BCUT2D eigenvalue weighted by atomic mass is 10.0. The van der Waals surface area contributed by atoms with E-state index in [9.17, 15) is 31.5 Å². The molecule has 1 unspecified atom stereocenters. The lowest BCUT2D eigenvalue weighted by molar-refractivity contribution is -0.274. The number of hydrogen-bond acceptors (Lipinski definition) is 5. The first kappa shape index (κ1) is 26.5. The Balaban J connectivity index is 1.47. The molecule has 3 aromatic rings. The molecule has 7 nitrogen and oxygen atoms in total. The number of carbonyl (C=O) groups is 2. The molecule has 2 heterocycles. The van der Waals surface area contributed by atoms with E-state index in [0.717, 1.165) is 4.90 Å². The average molecular weight is 530 g/mol. The Morgan fingerprint density at radius 3 is 2.50 bits per heavy atom.